The van der Waals surface area contributed by atoms with E-state index in [2.05, 4.69) is 27.5 Å². The normalized spacial score (nSPS) is 17.4. The summed E-state index contributed by atoms with van der Waals surface area (Å²) in [6.45, 7) is 3.56. The summed E-state index contributed by atoms with van der Waals surface area (Å²) in [5, 5.41) is 6.67. The zero-order chi connectivity index (χ0) is 18.2. The standard InChI is InChI=1S/C19H25N3O4/c1-22(8-7-15-5-3-2-4-6-15)13-16-11-18(21-26-16)19(23)20-12-17-14-24-9-10-25-17/h2-6,11,17H,7-10,12-14H2,1H3,(H,20,23)/t17-/m0/s1. The largest absolute Gasteiger partial charge is 0.376 e. The van der Waals surface area contributed by atoms with Crippen molar-refractivity contribution in [2.45, 2.75) is 19.1 Å². The molecule has 26 heavy (non-hydrogen) atoms. The van der Waals surface area contributed by atoms with Crippen LogP contribution < -0.4 is 5.32 Å². The predicted molar refractivity (Wildman–Crippen MR) is 95.9 cm³/mol. The molecule has 0 spiro atoms. The van der Waals surface area contributed by atoms with Gasteiger partial charge in [-0.1, -0.05) is 35.5 Å². The van der Waals surface area contributed by atoms with E-state index in [4.69, 9.17) is 14.0 Å². The number of carbonyl (C=O) groups excluding carboxylic acids is 1. The third kappa shape index (κ3) is 5.66. The van der Waals surface area contributed by atoms with E-state index in [1.807, 2.05) is 25.2 Å². The molecule has 0 bridgehead atoms. The molecule has 1 aliphatic rings. The number of hydrogen-bond acceptors (Lipinski definition) is 6. The average molecular weight is 359 g/mol. The molecule has 0 saturated carbocycles. The van der Waals surface area contributed by atoms with Gasteiger partial charge in [0.15, 0.2) is 11.5 Å². The first-order valence-corrected chi connectivity index (χ1v) is 8.86. The van der Waals surface area contributed by atoms with Gasteiger partial charge in [-0.15, -0.1) is 0 Å². The number of hydrogen-bond donors (Lipinski definition) is 1. The van der Waals surface area contributed by atoms with Gasteiger partial charge in [0.05, 0.1) is 32.5 Å². The highest BCUT2D eigenvalue weighted by atomic mass is 16.6. The van der Waals surface area contributed by atoms with Crippen LogP contribution in [-0.2, 0) is 22.4 Å². The van der Waals surface area contributed by atoms with E-state index in [0.717, 1.165) is 13.0 Å². The first kappa shape index (κ1) is 18.6. The van der Waals surface area contributed by atoms with Gasteiger partial charge < -0.3 is 19.3 Å². The predicted octanol–water partition coefficient (Wildman–Crippen LogP) is 1.49. The molecular weight excluding hydrogens is 334 g/mol. The fourth-order valence-corrected chi connectivity index (χ4v) is 2.76. The van der Waals surface area contributed by atoms with Crippen LogP contribution in [0.25, 0.3) is 0 Å². The van der Waals surface area contributed by atoms with Crippen molar-refractivity contribution < 1.29 is 18.8 Å². The quantitative estimate of drug-likeness (QED) is 0.770. The van der Waals surface area contributed by atoms with Crippen molar-refractivity contribution in [3.63, 3.8) is 0 Å². The van der Waals surface area contributed by atoms with Crippen molar-refractivity contribution in [1.82, 2.24) is 15.4 Å². The molecule has 3 rings (SSSR count). The maximum Gasteiger partial charge on any atom is 0.273 e. The molecule has 1 N–H and O–H groups in total. The number of benzene rings is 1. The van der Waals surface area contributed by atoms with Gasteiger partial charge in [0.25, 0.3) is 5.91 Å². The summed E-state index contributed by atoms with van der Waals surface area (Å²) >= 11 is 0. The lowest BCUT2D eigenvalue weighted by atomic mass is 10.1. The van der Waals surface area contributed by atoms with E-state index in [1.54, 1.807) is 6.07 Å². The molecule has 1 atom stereocenters. The van der Waals surface area contributed by atoms with Crippen molar-refractivity contribution in [1.29, 1.82) is 0 Å². The van der Waals surface area contributed by atoms with Crippen LogP contribution in [0.15, 0.2) is 40.9 Å². The minimum atomic E-state index is -0.263. The molecule has 2 heterocycles. The molecular formula is C19H25N3O4. The molecule has 0 unspecified atom stereocenters. The monoisotopic (exact) mass is 359 g/mol. The Morgan fingerprint density at radius 3 is 2.92 bits per heavy atom. The summed E-state index contributed by atoms with van der Waals surface area (Å²) in [4.78, 5) is 14.3. The topological polar surface area (TPSA) is 76.8 Å². The fourth-order valence-electron chi connectivity index (χ4n) is 2.76. The Hall–Kier alpha value is -2.22. The number of nitrogens with zero attached hydrogens (tertiary/aromatic N) is 2. The molecule has 1 fully saturated rings. The van der Waals surface area contributed by atoms with Crippen LogP contribution >= 0.6 is 0 Å². The molecule has 7 nitrogen and oxygen atoms in total. The molecule has 1 aromatic heterocycles. The van der Waals surface area contributed by atoms with Gasteiger partial charge in [-0.25, -0.2) is 0 Å². The van der Waals surface area contributed by atoms with Gasteiger partial charge in [-0.2, -0.15) is 0 Å². The van der Waals surface area contributed by atoms with Gasteiger partial charge in [-0.3, -0.25) is 9.69 Å². The van der Waals surface area contributed by atoms with Gasteiger partial charge in [0.2, 0.25) is 0 Å². The first-order valence-electron chi connectivity index (χ1n) is 8.86. The highest BCUT2D eigenvalue weighted by molar-refractivity contribution is 5.92. The second-order valence-corrected chi connectivity index (χ2v) is 6.43. The summed E-state index contributed by atoms with van der Waals surface area (Å²) in [6, 6.07) is 12.0. The Morgan fingerprint density at radius 1 is 1.31 bits per heavy atom. The molecule has 1 aliphatic heterocycles. The number of nitrogens with one attached hydrogen (secondary N) is 1. The molecule has 0 aliphatic carbocycles. The number of amides is 1. The number of ether oxygens (including phenoxy) is 2. The van der Waals surface area contributed by atoms with Crippen LogP contribution in [0.2, 0.25) is 0 Å². The summed E-state index contributed by atoms with van der Waals surface area (Å²) in [5.41, 5.74) is 1.58. The maximum absolute atomic E-state index is 12.2. The Balaban J connectivity index is 1.42. The Labute approximate surface area is 153 Å². The summed E-state index contributed by atoms with van der Waals surface area (Å²) in [6.07, 6.45) is 0.852. The number of likely N-dealkylation sites (N-methyl/N-ethyl adjacent to an activating group) is 1. The van der Waals surface area contributed by atoms with Gasteiger partial charge in [0, 0.05) is 19.2 Å². The molecule has 140 valence electrons. The molecule has 7 heteroatoms. The maximum atomic E-state index is 12.2. The fraction of sp³-hybridized carbons (Fsp3) is 0.474. The second-order valence-electron chi connectivity index (χ2n) is 6.43. The third-order valence-electron chi connectivity index (χ3n) is 4.22. The minimum absolute atomic E-state index is 0.108. The van der Waals surface area contributed by atoms with Crippen molar-refractivity contribution in [2.24, 2.45) is 0 Å². The highest BCUT2D eigenvalue weighted by Crippen LogP contribution is 2.08. The van der Waals surface area contributed by atoms with Gasteiger partial charge >= 0.3 is 0 Å². The minimum Gasteiger partial charge on any atom is -0.376 e. The molecule has 1 saturated heterocycles. The van der Waals surface area contributed by atoms with E-state index in [0.29, 0.717) is 38.7 Å². The third-order valence-corrected chi connectivity index (χ3v) is 4.22. The van der Waals surface area contributed by atoms with Crippen molar-refractivity contribution in [3.8, 4) is 0 Å². The Bertz CT molecular complexity index is 683. The zero-order valence-electron chi connectivity index (χ0n) is 15.0. The van der Waals surface area contributed by atoms with Crippen LogP contribution in [-0.4, -0.2) is 62.0 Å². The lowest BCUT2D eigenvalue weighted by Gasteiger charge is -2.22. The lowest BCUT2D eigenvalue weighted by molar-refractivity contribution is -0.0855. The number of aromatic nitrogens is 1. The van der Waals surface area contributed by atoms with Crippen molar-refractivity contribution >= 4 is 5.91 Å². The first-order chi connectivity index (χ1) is 12.7. The van der Waals surface area contributed by atoms with E-state index in [-0.39, 0.29) is 17.7 Å². The summed E-state index contributed by atoms with van der Waals surface area (Å²) < 4.78 is 16.1. The van der Waals surface area contributed by atoms with E-state index in [1.165, 1.54) is 5.56 Å². The van der Waals surface area contributed by atoms with E-state index < -0.39 is 0 Å². The SMILES string of the molecule is CN(CCc1ccccc1)Cc1cc(C(=O)NC[C@H]2COCCO2)no1. The van der Waals surface area contributed by atoms with E-state index >= 15 is 0 Å². The summed E-state index contributed by atoms with van der Waals surface area (Å²) in [5.74, 6) is 0.407. The van der Waals surface area contributed by atoms with Crippen LogP contribution in [0.3, 0.4) is 0 Å². The van der Waals surface area contributed by atoms with Crippen LogP contribution in [0.5, 0.6) is 0 Å². The number of carbonyl (C=O) groups is 1. The van der Waals surface area contributed by atoms with Crippen LogP contribution in [0, 0.1) is 0 Å². The lowest BCUT2D eigenvalue weighted by Crippen LogP contribution is -2.39. The second kappa shape index (κ2) is 9.47. The molecule has 1 amide bonds. The Kier molecular flexibility index (Phi) is 6.76. The van der Waals surface area contributed by atoms with Crippen LogP contribution in [0.1, 0.15) is 21.8 Å². The van der Waals surface area contributed by atoms with Gasteiger partial charge in [-0.05, 0) is 19.0 Å². The average Bonchev–Trinajstić information content (AvgIpc) is 3.14. The van der Waals surface area contributed by atoms with Crippen molar-refractivity contribution in [2.75, 3.05) is 40.0 Å². The highest BCUT2D eigenvalue weighted by Gasteiger charge is 2.18. The smallest absolute Gasteiger partial charge is 0.273 e. The molecule has 0 radical (unpaired) electrons. The molecule has 2 aromatic rings. The number of rotatable bonds is 8. The molecule has 1 aromatic carbocycles. The van der Waals surface area contributed by atoms with Crippen LogP contribution in [0.4, 0.5) is 0 Å². The summed E-state index contributed by atoms with van der Waals surface area (Å²) in [7, 11) is 2.02. The van der Waals surface area contributed by atoms with E-state index in [9.17, 15) is 4.79 Å². The van der Waals surface area contributed by atoms with Crippen molar-refractivity contribution in [3.05, 3.63) is 53.4 Å². The van der Waals surface area contributed by atoms with Gasteiger partial charge in [0.1, 0.15) is 0 Å². The zero-order valence-corrected chi connectivity index (χ0v) is 15.0. The Morgan fingerprint density at radius 2 is 2.15 bits per heavy atom.